The molecule has 3 rings (SSSR count). The lowest BCUT2D eigenvalue weighted by Gasteiger charge is -2.08. The van der Waals surface area contributed by atoms with E-state index >= 15 is 0 Å². The van der Waals surface area contributed by atoms with Crippen LogP contribution in [-0.2, 0) is 17.6 Å². The smallest absolute Gasteiger partial charge is 0.287 e. The summed E-state index contributed by atoms with van der Waals surface area (Å²) in [5, 5.41) is 5.73. The van der Waals surface area contributed by atoms with Crippen molar-refractivity contribution in [2.75, 3.05) is 13.2 Å². The van der Waals surface area contributed by atoms with Crippen LogP contribution in [0.1, 0.15) is 41.6 Å². The molecule has 0 aliphatic heterocycles. The number of hydrogen-bond acceptors (Lipinski definition) is 4. The van der Waals surface area contributed by atoms with Gasteiger partial charge in [-0.25, -0.2) is 0 Å². The molecule has 0 unspecified atom stereocenters. The van der Waals surface area contributed by atoms with Crippen molar-refractivity contribution in [3.8, 4) is 5.75 Å². The summed E-state index contributed by atoms with van der Waals surface area (Å²) in [6, 6.07) is 11.4. The lowest BCUT2D eigenvalue weighted by Crippen LogP contribution is -2.30. The van der Waals surface area contributed by atoms with Crippen LogP contribution in [0.2, 0.25) is 0 Å². The molecule has 2 amide bonds. The van der Waals surface area contributed by atoms with Gasteiger partial charge in [0.2, 0.25) is 0 Å². The van der Waals surface area contributed by atoms with Gasteiger partial charge in [0.25, 0.3) is 11.8 Å². The molecule has 2 aromatic rings. The molecule has 1 fully saturated rings. The fraction of sp³-hybridized carbons (Fsp3) is 0.400. The highest BCUT2D eigenvalue weighted by molar-refractivity contribution is 5.91. The normalized spacial score (nSPS) is 13.3. The van der Waals surface area contributed by atoms with E-state index in [-0.39, 0.29) is 18.4 Å². The Bertz CT molecular complexity index is 747. The Morgan fingerprint density at radius 3 is 2.58 bits per heavy atom. The first-order chi connectivity index (χ1) is 12.6. The van der Waals surface area contributed by atoms with E-state index in [0.717, 1.165) is 30.6 Å². The number of carbonyl (C=O) groups excluding carboxylic acids is 2. The second-order valence-corrected chi connectivity index (χ2v) is 6.40. The Labute approximate surface area is 152 Å². The van der Waals surface area contributed by atoms with Crippen molar-refractivity contribution in [2.24, 2.45) is 0 Å². The molecule has 0 bridgehead atoms. The Kier molecular flexibility index (Phi) is 5.94. The van der Waals surface area contributed by atoms with Gasteiger partial charge in [-0.05, 0) is 49.1 Å². The molecule has 6 heteroatoms. The standard InChI is InChI=1S/C20H24N2O4/c1-2-16-9-10-18(26-16)20(24)21-12-11-14-3-7-17(8-4-14)25-13-19(23)22-15-5-6-15/h3-4,7-10,15H,2,5-6,11-13H2,1H3,(H,21,24)(H,22,23). The zero-order valence-corrected chi connectivity index (χ0v) is 14.9. The van der Waals surface area contributed by atoms with E-state index in [4.69, 9.17) is 9.15 Å². The molecule has 138 valence electrons. The second-order valence-electron chi connectivity index (χ2n) is 6.40. The number of ether oxygens (including phenoxy) is 1. The van der Waals surface area contributed by atoms with Crippen molar-refractivity contribution in [3.05, 3.63) is 53.5 Å². The van der Waals surface area contributed by atoms with Gasteiger partial charge in [-0.2, -0.15) is 0 Å². The number of benzene rings is 1. The van der Waals surface area contributed by atoms with Crippen molar-refractivity contribution in [1.29, 1.82) is 0 Å². The highest BCUT2D eigenvalue weighted by Crippen LogP contribution is 2.18. The maximum atomic E-state index is 12.0. The van der Waals surface area contributed by atoms with E-state index < -0.39 is 0 Å². The lowest BCUT2D eigenvalue weighted by atomic mass is 10.1. The topological polar surface area (TPSA) is 80.6 Å². The molecule has 2 N–H and O–H groups in total. The van der Waals surface area contributed by atoms with E-state index in [1.807, 2.05) is 37.3 Å². The molecule has 0 spiro atoms. The molecule has 1 heterocycles. The Hall–Kier alpha value is -2.76. The maximum Gasteiger partial charge on any atom is 0.287 e. The van der Waals surface area contributed by atoms with Crippen LogP contribution < -0.4 is 15.4 Å². The SMILES string of the molecule is CCc1ccc(C(=O)NCCc2ccc(OCC(=O)NC3CC3)cc2)o1. The van der Waals surface area contributed by atoms with Crippen molar-refractivity contribution >= 4 is 11.8 Å². The minimum atomic E-state index is -0.202. The van der Waals surface area contributed by atoms with Crippen molar-refractivity contribution in [1.82, 2.24) is 10.6 Å². The van der Waals surface area contributed by atoms with Gasteiger partial charge in [0.1, 0.15) is 11.5 Å². The van der Waals surface area contributed by atoms with Crippen molar-refractivity contribution in [2.45, 2.75) is 38.6 Å². The predicted molar refractivity (Wildman–Crippen MR) is 97.2 cm³/mol. The fourth-order valence-corrected chi connectivity index (χ4v) is 2.50. The molecule has 1 aromatic carbocycles. The van der Waals surface area contributed by atoms with Gasteiger partial charge in [-0.1, -0.05) is 19.1 Å². The number of furan rings is 1. The van der Waals surface area contributed by atoms with Gasteiger partial charge in [0.15, 0.2) is 12.4 Å². The largest absolute Gasteiger partial charge is 0.484 e. The minimum absolute atomic E-state index is 0.0365. The van der Waals surface area contributed by atoms with Gasteiger partial charge in [0, 0.05) is 19.0 Å². The molecule has 1 saturated carbocycles. The average Bonchev–Trinajstić information content (AvgIpc) is 3.33. The van der Waals surface area contributed by atoms with Crippen LogP contribution in [0.5, 0.6) is 5.75 Å². The molecule has 1 aromatic heterocycles. The molecule has 0 atom stereocenters. The first kappa shape index (κ1) is 18.0. The molecule has 6 nitrogen and oxygen atoms in total. The minimum Gasteiger partial charge on any atom is -0.484 e. The zero-order chi connectivity index (χ0) is 18.4. The Morgan fingerprint density at radius 1 is 1.15 bits per heavy atom. The summed E-state index contributed by atoms with van der Waals surface area (Å²) in [4.78, 5) is 23.6. The molecular weight excluding hydrogens is 332 g/mol. The third-order valence-corrected chi connectivity index (χ3v) is 4.17. The maximum absolute atomic E-state index is 12.0. The number of aryl methyl sites for hydroxylation is 1. The molecule has 26 heavy (non-hydrogen) atoms. The van der Waals surface area contributed by atoms with Crippen LogP contribution in [-0.4, -0.2) is 31.0 Å². The fourth-order valence-electron chi connectivity index (χ4n) is 2.50. The summed E-state index contributed by atoms with van der Waals surface area (Å²) in [5.41, 5.74) is 1.08. The highest BCUT2D eigenvalue weighted by atomic mass is 16.5. The Balaban J connectivity index is 1.38. The second kappa shape index (κ2) is 8.56. The van der Waals surface area contributed by atoms with E-state index in [1.54, 1.807) is 6.07 Å². The summed E-state index contributed by atoms with van der Waals surface area (Å²) >= 11 is 0. The first-order valence-electron chi connectivity index (χ1n) is 9.02. The van der Waals surface area contributed by atoms with E-state index in [2.05, 4.69) is 10.6 Å². The molecule has 1 aliphatic carbocycles. The highest BCUT2D eigenvalue weighted by Gasteiger charge is 2.23. The number of hydrogen-bond donors (Lipinski definition) is 2. The summed E-state index contributed by atoms with van der Waals surface area (Å²) < 4.78 is 10.9. The van der Waals surface area contributed by atoms with Crippen molar-refractivity contribution < 1.29 is 18.7 Å². The van der Waals surface area contributed by atoms with Gasteiger partial charge in [-0.15, -0.1) is 0 Å². The van der Waals surface area contributed by atoms with Gasteiger partial charge < -0.3 is 19.8 Å². The van der Waals surface area contributed by atoms with E-state index in [0.29, 0.717) is 30.5 Å². The van der Waals surface area contributed by atoms with Gasteiger partial charge in [0.05, 0.1) is 0 Å². The average molecular weight is 356 g/mol. The number of amides is 2. The summed E-state index contributed by atoms with van der Waals surface area (Å²) in [7, 11) is 0. The van der Waals surface area contributed by atoms with Crippen LogP contribution in [0, 0.1) is 0 Å². The number of nitrogens with one attached hydrogen (secondary N) is 2. The monoisotopic (exact) mass is 356 g/mol. The van der Waals surface area contributed by atoms with Crippen LogP contribution >= 0.6 is 0 Å². The Morgan fingerprint density at radius 2 is 1.92 bits per heavy atom. The van der Waals surface area contributed by atoms with Crippen LogP contribution in [0.4, 0.5) is 0 Å². The molecule has 0 radical (unpaired) electrons. The quantitative estimate of drug-likeness (QED) is 0.723. The third-order valence-electron chi connectivity index (χ3n) is 4.17. The molecular formula is C20H24N2O4. The number of carbonyl (C=O) groups is 2. The summed E-state index contributed by atoms with van der Waals surface area (Å²) in [6.07, 6.45) is 3.60. The van der Waals surface area contributed by atoms with Crippen molar-refractivity contribution in [3.63, 3.8) is 0 Å². The van der Waals surface area contributed by atoms with E-state index in [9.17, 15) is 9.59 Å². The first-order valence-corrected chi connectivity index (χ1v) is 9.02. The predicted octanol–water partition coefficient (Wildman–Crippen LogP) is 2.47. The van der Waals surface area contributed by atoms with E-state index in [1.165, 1.54) is 0 Å². The van der Waals surface area contributed by atoms with Crippen LogP contribution in [0.15, 0.2) is 40.8 Å². The van der Waals surface area contributed by atoms with Gasteiger partial charge in [-0.3, -0.25) is 9.59 Å². The summed E-state index contributed by atoms with van der Waals surface area (Å²) in [6.45, 7) is 2.53. The molecule has 0 saturated heterocycles. The zero-order valence-electron chi connectivity index (χ0n) is 14.9. The third kappa shape index (κ3) is 5.37. The molecule has 1 aliphatic rings. The van der Waals surface area contributed by atoms with Crippen LogP contribution in [0.25, 0.3) is 0 Å². The van der Waals surface area contributed by atoms with Gasteiger partial charge >= 0.3 is 0 Å². The summed E-state index contributed by atoms with van der Waals surface area (Å²) in [5.74, 6) is 1.52. The number of rotatable bonds is 9. The van der Waals surface area contributed by atoms with Crippen LogP contribution in [0.3, 0.4) is 0 Å². The lowest BCUT2D eigenvalue weighted by molar-refractivity contribution is -0.123.